The number of hydrogen-bond acceptors (Lipinski definition) is 8. The number of methoxy groups -OCH3 is 3. The highest BCUT2D eigenvalue weighted by atomic mass is 16.5. The molecule has 2 aliphatic rings. The number of aromatic nitrogens is 4. The van der Waals surface area contributed by atoms with Crippen molar-refractivity contribution in [2.45, 2.75) is 32.7 Å². The molecule has 3 heterocycles. The lowest BCUT2D eigenvalue weighted by atomic mass is 9.78. The fourth-order valence-electron chi connectivity index (χ4n) is 4.95. The Morgan fingerprint density at radius 3 is 2.20 bits per heavy atom. The van der Waals surface area contributed by atoms with Crippen molar-refractivity contribution in [3.8, 4) is 17.2 Å². The molecule has 0 bridgehead atoms. The van der Waals surface area contributed by atoms with E-state index in [1.165, 1.54) is 11.0 Å². The van der Waals surface area contributed by atoms with Crippen molar-refractivity contribution in [3.05, 3.63) is 29.6 Å². The van der Waals surface area contributed by atoms with Crippen molar-refractivity contribution in [1.82, 2.24) is 30.0 Å². The molecule has 35 heavy (non-hydrogen) atoms. The fraction of sp³-hybridized carbons (Fsp3) is 0.542. The van der Waals surface area contributed by atoms with Crippen LogP contribution in [-0.2, 0) is 16.1 Å². The molecule has 0 atom stereocenters. The number of hydrogen-bond donors (Lipinski definition) is 0. The van der Waals surface area contributed by atoms with Crippen molar-refractivity contribution < 1.29 is 23.8 Å². The van der Waals surface area contributed by atoms with Crippen LogP contribution in [0.5, 0.6) is 17.2 Å². The molecule has 1 aromatic carbocycles. The summed E-state index contributed by atoms with van der Waals surface area (Å²) in [6, 6.07) is 3.56. The van der Waals surface area contributed by atoms with Crippen LogP contribution in [0.25, 0.3) is 6.08 Å². The maximum Gasteiger partial charge on any atom is 0.249 e. The van der Waals surface area contributed by atoms with Gasteiger partial charge in [0.2, 0.25) is 11.8 Å². The number of tetrazole rings is 1. The third-order valence-electron chi connectivity index (χ3n) is 7.04. The molecule has 2 aromatic rings. The summed E-state index contributed by atoms with van der Waals surface area (Å²) < 4.78 is 17.7. The highest BCUT2D eigenvalue weighted by Gasteiger charge is 2.42. The van der Waals surface area contributed by atoms with Gasteiger partial charge in [0.15, 0.2) is 11.5 Å². The highest BCUT2D eigenvalue weighted by molar-refractivity contribution is 5.98. The van der Waals surface area contributed by atoms with Gasteiger partial charge in [0.05, 0.1) is 21.3 Å². The van der Waals surface area contributed by atoms with Crippen LogP contribution >= 0.6 is 0 Å². The number of carbonyl (C=O) groups is 2. The highest BCUT2D eigenvalue weighted by Crippen LogP contribution is 2.41. The van der Waals surface area contributed by atoms with Crippen molar-refractivity contribution in [3.63, 3.8) is 0 Å². The summed E-state index contributed by atoms with van der Waals surface area (Å²) in [4.78, 5) is 29.6. The number of rotatable bonds is 7. The van der Waals surface area contributed by atoms with Gasteiger partial charge in [-0.25, -0.2) is 4.68 Å². The normalized spacial score (nSPS) is 17.5. The van der Waals surface area contributed by atoms with E-state index in [2.05, 4.69) is 15.5 Å². The number of benzene rings is 1. The molecule has 11 nitrogen and oxygen atoms in total. The zero-order valence-corrected chi connectivity index (χ0v) is 20.7. The number of amides is 2. The summed E-state index contributed by atoms with van der Waals surface area (Å²) in [6.45, 7) is 4.75. The third-order valence-corrected chi connectivity index (χ3v) is 7.04. The lowest BCUT2D eigenvalue weighted by molar-refractivity contribution is -0.135. The van der Waals surface area contributed by atoms with Crippen LogP contribution in [0.15, 0.2) is 24.0 Å². The monoisotopic (exact) mass is 484 g/mol. The molecule has 0 N–H and O–H groups in total. The Kier molecular flexibility index (Phi) is 7.23. The second-order valence-electron chi connectivity index (χ2n) is 9.14. The predicted molar refractivity (Wildman–Crippen MR) is 127 cm³/mol. The van der Waals surface area contributed by atoms with Gasteiger partial charge in [-0.05, 0) is 54.2 Å². The molecular formula is C24H32N6O5. The van der Waals surface area contributed by atoms with Gasteiger partial charge < -0.3 is 24.0 Å². The summed E-state index contributed by atoms with van der Waals surface area (Å²) in [5, 5.41) is 10.9. The molecule has 1 spiro atoms. The Hall–Kier alpha value is -3.63. The first kappa shape index (κ1) is 24.5. The van der Waals surface area contributed by atoms with Crippen LogP contribution in [0.1, 0.15) is 31.7 Å². The van der Waals surface area contributed by atoms with Crippen molar-refractivity contribution >= 4 is 17.9 Å². The van der Waals surface area contributed by atoms with Crippen LogP contribution in [0.2, 0.25) is 0 Å². The average Bonchev–Trinajstić information content (AvgIpc) is 3.54. The molecule has 1 aromatic heterocycles. The van der Waals surface area contributed by atoms with E-state index in [9.17, 15) is 9.59 Å². The summed E-state index contributed by atoms with van der Waals surface area (Å²) in [7, 11) is 4.73. The molecule has 0 radical (unpaired) electrons. The largest absolute Gasteiger partial charge is 0.496 e. The Bertz CT molecular complexity index is 1090. The van der Waals surface area contributed by atoms with Crippen molar-refractivity contribution in [1.29, 1.82) is 0 Å². The summed E-state index contributed by atoms with van der Waals surface area (Å²) in [5.74, 6) is 1.76. The van der Waals surface area contributed by atoms with Gasteiger partial charge in [0.25, 0.3) is 0 Å². The number of carbonyl (C=O) groups excluding carboxylic acids is 2. The van der Waals surface area contributed by atoms with E-state index >= 15 is 0 Å². The third kappa shape index (κ3) is 5.23. The molecule has 11 heteroatoms. The maximum absolute atomic E-state index is 13.3. The number of likely N-dealkylation sites (tertiary alicyclic amines) is 2. The molecule has 2 saturated heterocycles. The SMILES string of the molecule is COc1cc(OC)c(OC)cc1C=C(C)C(=O)N1CCC2(CCN(C(=O)Cn3cnnn3)CC2)C1. The maximum atomic E-state index is 13.3. The molecule has 4 rings (SSSR count). The smallest absolute Gasteiger partial charge is 0.249 e. The first-order valence-electron chi connectivity index (χ1n) is 11.6. The minimum Gasteiger partial charge on any atom is -0.496 e. The average molecular weight is 485 g/mol. The van der Waals surface area contributed by atoms with Crippen LogP contribution in [0, 0.1) is 5.41 Å². The molecule has 188 valence electrons. The van der Waals surface area contributed by atoms with Crippen molar-refractivity contribution in [2.75, 3.05) is 47.5 Å². The minimum absolute atomic E-state index is 0.0101. The topological polar surface area (TPSA) is 112 Å². The van der Waals surface area contributed by atoms with E-state index in [1.807, 2.05) is 28.9 Å². The zero-order chi connectivity index (χ0) is 25.0. The van der Waals surface area contributed by atoms with Crippen LogP contribution < -0.4 is 14.2 Å². The molecule has 2 aliphatic heterocycles. The van der Waals surface area contributed by atoms with Crippen LogP contribution in [0.4, 0.5) is 0 Å². The predicted octanol–water partition coefficient (Wildman–Crippen LogP) is 1.64. The standard InChI is InChI=1S/C24H32N6O5/c1-17(11-18-12-20(34-3)21(35-4)13-19(18)33-2)23(32)29-10-7-24(15-29)5-8-28(9-6-24)22(31)14-30-16-25-26-27-30/h11-13,16H,5-10,14-15H2,1-4H3. The number of piperidine rings is 1. The van der Waals surface area contributed by atoms with Gasteiger partial charge in [-0.3, -0.25) is 9.59 Å². The van der Waals surface area contributed by atoms with Gasteiger partial charge in [-0.1, -0.05) is 0 Å². The summed E-state index contributed by atoms with van der Waals surface area (Å²) in [5.41, 5.74) is 1.43. The van der Waals surface area contributed by atoms with E-state index in [0.717, 1.165) is 24.8 Å². The van der Waals surface area contributed by atoms with Gasteiger partial charge >= 0.3 is 0 Å². The lowest BCUT2D eigenvalue weighted by Crippen LogP contribution is -2.45. The number of nitrogens with zero attached hydrogens (tertiary/aromatic N) is 6. The van der Waals surface area contributed by atoms with E-state index in [-0.39, 0.29) is 23.8 Å². The summed E-state index contributed by atoms with van der Waals surface area (Å²) >= 11 is 0. The molecule has 0 unspecified atom stereocenters. The molecule has 2 amide bonds. The Morgan fingerprint density at radius 2 is 1.60 bits per heavy atom. The fourth-order valence-corrected chi connectivity index (χ4v) is 4.95. The zero-order valence-electron chi connectivity index (χ0n) is 20.7. The van der Waals surface area contributed by atoms with Gasteiger partial charge in [-0.2, -0.15) is 0 Å². The molecule has 2 fully saturated rings. The van der Waals surface area contributed by atoms with E-state index < -0.39 is 0 Å². The summed E-state index contributed by atoms with van der Waals surface area (Å²) in [6.07, 6.45) is 5.97. The van der Waals surface area contributed by atoms with E-state index in [4.69, 9.17) is 14.2 Å². The van der Waals surface area contributed by atoms with Crippen LogP contribution in [-0.4, -0.2) is 89.3 Å². The van der Waals surface area contributed by atoms with Gasteiger partial charge in [0, 0.05) is 43.4 Å². The van der Waals surface area contributed by atoms with E-state index in [1.54, 1.807) is 27.4 Å². The molecule has 0 saturated carbocycles. The van der Waals surface area contributed by atoms with Crippen molar-refractivity contribution in [2.24, 2.45) is 5.41 Å². The number of ether oxygens (including phenoxy) is 3. The second kappa shape index (κ2) is 10.3. The molecule has 0 aliphatic carbocycles. The van der Waals surface area contributed by atoms with Gasteiger partial charge in [-0.15, -0.1) is 5.10 Å². The van der Waals surface area contributed by atoms with E-state index in [0.29, 0.717) is 49.0 Å². The Balaban J connectivity index is 1.39. The first-order chi connectivity index (χ1) is 16.9. The Labute approximate surface area is 204 Å². The van der Waals surface area contributed by atoms with Gasteiger partial charge in [0.1, 0.15) is 18.6 Å². The quantitative estimate of drug-likeness (QED) is 0.546. The first-order valence-corrected chi connectivity index (χ1v) is 11.6. The van der Waals surface area contributed by atoms with Crippen LogP contribution in [0.3, 0.4) is 0 Å². The minimum atomic E-state index is 0.0101. The second-order valence-corrected chi connectivity index (χ2v) is 9.14. The lowest BCUT2D eigenvalue weighted by Gasteiger charge is -2.39. The molecular weight excluding hydrogens is 452 g/mol. The Morgan fingerprint density at radius 1 is 0.971 bits per heavy atom.